The van der Waals surface area contributed by atoms with Crippen LogP contribution in [-0.4, -0.2) is 25.5 Å². The van der Waals surface area contributed by atoms with Gasteiger partial charge in [0, 0.05) is 10.1 Å². The summed E-state index contributed by atoms with van der Waals surface area (Å²) in [6, 6.07) is 0. The van der Waals surface area contributed by atoms with Crippen LogP contribution in [0.5, 0.6) is 0 Å². The van der Waals surface area contributed by atoms with E-state index in [0.717, 1.165) is 38.5 Å². The Labute approximate surface area is 156 Å². The lowest BCUT2D eigenvalue weighted by atomic mass is 10.1. The molecule has 0 aliphatic heterocycles. The fourth-order valence-electron chi connectivity index (χ4n) is 2.21. The highest BCUT2D eigenvalue weighted by molar-refractivity contribution is 5.59. The quantitative estimate of drug-likeness (QED) is 0.136. The van der Waals surface area contributed by atoms with Crippen molar-refractivity contribution in [2.75, 3.05) is 13.2 Å². The number of ether oxygens (including phenoxy) is 2. The molecule has 0 amide bonds. The molecule has 0 aromatic rings. The van der Waals surface area contributed by atoms with Crippen LogP contribution in [0.4, 0.5) is 9.59 Å². The number of rotatable bonds is 17. The Balaban J connectivity index is 3.31. The monoisotopic (exact) mass is 378 g/mol. The van der Waals surface area contributed by atoms with E-state index in [1.54, 1.807) is 0 Å². The highest BCUT2D eigenvalue weighted by Crippen LogP contribution is 2.06. The zero-order valence-electron chi connectivity index (χ0n) is 16.2. The van der Waals surface area contributed by atoms with Crippen molar-refractivity contribution in [3.05, 3.63) is 0 Å². The van der Waals surface area contributed by atoms with Gasteiger partial charge in [-0.1, -0.05) is 78.1 Å². The molecule has 8 heteroatoms. The number of carbonyl (C=O) groups excluding carboxylic acids is 2. The molecule has 0 saturated carbocycles. The fourth-order valence-corrected chi connectivity index (χ4v) is 2.21. The van der Waals surface area contributed by atoms with E-state index in [1.807, 2.05) is 0 Å². The van der Waals surface area contributed by atoms with Gasteiger partial charge >= 0.3 is 12.3 Å². The van der Waals surface area contributed by atoms with Gasteiger partial charge in [-0.05, 0) is 12.8 Å². The molecule has 0 aromatic carbocycles. The molecular formula is C18H34O8. The molecule has 0 atom stereocenters. The minimum absolute atomic E-state index is 0.232. The molecule has 8 nitrogen and oxygen atoms in total. The van der Waals surface area contributed by atoms with Crippen molar-refractivity contribution in [2.45, 2.75) is 90.9 Å². The fraction of sp³-hybridized carbons (Fsp3) is 0.889. The second-order valence-electron chi connectivity index (χ2n) is 6.04. The molecule has 0 aromatic heterocycles. The predicted octanol–water partition coefficient (Wildman–Crippen LogP) is 5.79. The van der Waals surface area contributed by atoms with E-state index < -0.39 is 12.3 Å². The Hall–Kier alpha value is -1.54. The van der Waals surface area contributed by atoms with Gasteiger partial charge in [-0.3, -0.25) is 0 Å². The first-order valence-electron chi connectivity index (χ1n) is 9.72. The Morgan fingerprint density at radius 3 is 1.27 bits per heavy atom. The first-order valence-corrected chi connectivity index (χ1v) is 9.72. The van der Waals surface area contributed by atoms with Crippen molar-refractivity contribution in [1.82, 2.24) is 0 Å². The van der Waals surface area contributed by atoms with Gasteiger partial charge in [0.15, 0.2) is 0 Å². The Kier molecular flexibility index (Phi) is 18.6. The molecule has 0 rings (SSSR count). The molecule has 0 spiro atoms. The normalized spacial score (nSPS) is 10.4. The number of unbranched alkanes of at least 4 members (excludes halogenated alkanes) is 10. The molecule has 0 saturated heterocycles. The van der Waals surface area contributed by atoms with E-state index in [9.17, 15) is 9.59 Å². The van der Waals surface area contributed by atoms with Crippen LogP contribution in [0.2, 0.25) is 0 Å². The zero-order valence-corrected chi connectivity index (χ0v) is 16.2. The Morgan fingerprint density at radius 2 is 0.885 bits per heavy atom. The summed E-state index contributed by atoms with van der Waals surface area (Å²) in [5.41, 5.74) is 0. The lowest BCUT2D eigenvalue weighted by Gasteiger charge is -2.05. The van der Waals surface area contributed by atoms with Crippen LogP contribution in [-0.2, 0) is 29.3 Å². The van der Waals surface area contributed by atoms with Crippen LogP contribution >= 0.6 is 0 Å². The third-order valence-electron chi connectivity index (χ3n) is 3.67. The summed E-state index contributed by atoms with van der Waals surface area (Å²) >= 11 is 0. The zero-order chi connectivity index (χ0) is 19.3. The van der Waals surface area contributed by atoms with Crippen LogP contribution in [0.3, 0.4) is 0 Å². The van der Waals surface area contributed by atoms with Gasteiger partial charge in [0.05, 0.1) is 13.2 Å². The maximum absolute atomic E-state index is 11.1. The predicted molar refractivity (Wildman–Crippen MR) is 93.8 cm³/mol. The number of hydrogen-bond acceptors (Lipinski definition) is 8. The summed E-state index contributed by atoms with van der Waals surface area (Å²) in [5, 5.41) is 7.90. The molecule has 0 aliphatic carbocycles. The molecular weight excluding hydrogens is 344 g/mol. The van der Waals surface area contributed by atoms with Gasteiger partial charge in [0.25, 0.3) is 0 Å². The maximum Gasteiger partial charge on any atom is 0.542 e. The van der Waals surface area contributed by atoms with Crippen LogP contribution < -0.4 is 0 Å². The Bertz CT molecular complexity index is 303. The second-order valence-corrected chi connectivity index (χ2v) is 6.04. The number of carbonyl (C=O) groups is 2. The lowest BCUT2D eigenvalue weighted by Crippen LogP contribution is -2.13. The summed E-state index contributed by atoms with van der Waals surface area (Å²) < 4.78 is 9.47. The van der Waals surface area contributed by atoms with E-state index in [4.69, 9.17) is 9.47 Å². The van der Waals surface area contributed by atoms with Gasteiger partial charge in [0.1, 0.15) is 0 Å². The average molecular weight is 378 g/mol. The second kappa shape index (κ2) is 19.8. The highest BCUT2D eigenvalue weighted by Gasteiger charge is 2.09. The molecule has 0 aliphatic rings. The number of hydrogen-bond donors (Lipinski definition) is 0. The van der Waals surface area contributed by atoms with E-state index in [1.165, 1.54) is 38.5 Å². The molecule has 26 heavy (non-hydrogen) atoms. The first-order chi connectivity index (χ1) is 12.7. The smallest absolute Gasteiger partial charge is 0.432 e. The summed E-state index contributed by atoms with van der Waals surface area (Å²) in [6.07, 6.45) is 10.7. The van der Waals surface area contributed by atoms with Crippen molar-refractivity contribution in [1.29, 1.82) is 0 Å². The van der Waals surface area contributed by atoms with E-state index in [2.05, 4.69) is 33.7 Å². The van der Waals surface area contributed by atoms with Gasteiger partial charge in [0.2, 0.25) is 0 Å². The van der Waals surface area contributed by atoms with Crippen molar-refractivity contribution >= 4 is 12.3 Å². The van der Waals surface area contributed by atoms with Gasteiger partial charge in [-0.25, -0.2) is 19.4 Å². The summed E-state index contributed by atoms with van der Waals surface area (Å²) in [6.45, 7) is 4.77. The summed E-state index contributed by atoms with van der Waals surface area (Å²) in [4.78, 5) is 30.4. The van der Waals surface area contributed by atoms with E-state index in [-0.39, 0.29) is 13.2 Å². The maximum atomic E-state index is 11.1. The van der Waals surface area contributed by atoms with E-state index >= 15 is 0 Å². The minimum atomic E-state index is -1.07. The summed E-state index contributed by atoms with van der Waals surface area (Å²) in [5.74, 6) is 0. The average Bonchev–Trinajstić information content (AvgIpc) is 2.64. The molecule has 0 heterocycles. The molecule has 0 bridgehead atoms. The van der Waals surface area contributed by atoms with Crippen LogP contribution in [0.15, 0.2) is 0 Å². The molecule has 0 radical (unpaired) electrons. The van der Waals surface area contributed by atoms with Crippen LogP contribution in [0, 0.1) is 0 Å². The third-order valence-corrected chi connectivity index (χ3v) is 3.67. The van der Waals surface area contributed by atoms with Gasteiger partial charge in [-0.2, -0.15) is 0 Å². The van der Waals surface area contributed by atoms with Crippen LogP contribution in [0.25, 0.3) is 0 Å². The summed E-state index contributed by atoms with van der Waals surface area (Å²) in [7, 11) is 0. The van der Waals surface area contributed by atoms with Crippen molar-refractivity contribution in [2.24, 2.45) is 0 Å². The Morgan fingerprint density at radius 1 is 0.538 bits per heavy atom. The highest BCUT2D eigenvalue weighted by atomic mass is 17.7. The molecule has 154 valence electrons. The first kappa shape index (κ1) is 24.5. The third kappa shape index (κ3) is 18.8. The van der Waals surface area contributed by atoms with E-state index in [0.29, 0.717) is 0 Å². The lowest BCUT2D eigenvalue weighted by molar-refractivity contribution is -0.601. The van der Waals surface area contributed by atoms with Crippen LogP contribution in [0.1, 0.15) is 90.9 Å². The molecule has 0 unspecified atom stereocenters. The standard InChI is InChI=1S/C18H34O8/c1-3-5-7-9-11-13-15-21-17(19)23-25-26-24-18(20)22-16-14-12-10-8-6-4-2/h3-16H2,1-2H3. The minimum Gasteiger partial charge on any atom is -0.432 e. The van der Waals surface area contributed by atoms with Gasteiger partial charge in [-0.15, -0.1) is 0 Å². The topological polar surface area (TPSA) is 89.5 Å². The molecule has 0 N–H and O–H groups in total. The molecule has 0 fully saturated rings. The largest absolute Gasteiger partial charge is 0.542 e. The van der Waals surface area contributed by atoms with Crippen molar-refractivity contribution in [3.63, 3.8) is 0 Å². The SMILES string of the molecule is CCCCCCCCOC(=O)OOOOC(=O)OCCCCCCCC. The van der Waals surface area contributed by atoms with Gasteiger partial charge < -0.3 is 9.47 Å². The van der Waals surface area contributed by atoms with Crippen molar-refractivity contribution < 1.29 is 38.9 Å². The van der Waals surface area contributed by atoms with Crippen molar-refractivity contribution in [3.8, 4) is 0 Å².